The molecular weight excluding hydrogens is 349 g/mol. The van der Waals surface area contributed by atoms with Crippen LogP contribution in [-0.4, -0.2) is 39.4 Å². The molecule has 1 saturated carbocycles. The minimum Gasteiger partial charge on any atom is -0.496 e. The number of amides is 1. The average Bonchev–Trinajstić information content (AvgIpc) is 3.07. The molecule has 1 fully saturated rings. The van der Waals surface area contributed by atoms with Crippen molar-refractivity contribution in [1.82, 2.24) is 20.2 Å². The second-order valence-corrected chi connectivity index (χ2v) is 6.65. The number of aromatic nitrogens is 4. The number of aromatic amines is 2. The lowest BCUT2D eigenvalue weighted by Gasteiger charge is -2.08. The van der Waals surface area contributed by atoms with E-state index in [9.17, 15) is 9.18 Å². The number of fused-ring (bicyclic) bond motifs is 2. The Hall–Kier alpha value is -3.42. The Morgan fingerprint density at radius 3 is 2.96 bits per heavy atom. The molecule has 3 N–H and O–H groups in total. The molecule has 0 bridgehead atoms. The highest BCUT2D eigenvalue weighted by Gasteiger charge is 2.43. The number of hydrogen-bond donors (Lipinski definition) is 3. The summed E-state index contributed by atoms with van der Waals surface area (Å²) in [6.07, 6.45) is 2.85. The number of nitrogens with one attached hydrogen (secondary N) is 3. The number of rotatable bonds is 4. The van der Waals surface area contributed by atoms with Gasteiger partial charge in [0, 0.05) is 28.1 Å². The molecule has 0 spiro atoms. The predicted molar refractivity (Wildman–Crippen MR) is 99.4 cm³/mol. The summed E-state index contributed by atoms with van der Waals surface area (Å²) in [5.74, 6) is 0.250. The Balaban J connectivity index is 1.54. The molecule has 7 nitrogen and oxygen atoms in total. The third-order valence-corrected chi connectivity index (χ3v) is 4.89. The van der Waals surface area contributed by atoms with E-state index in [2.05, 4.69) is 25.5 Å². The first kappa shape index (κ1) is 15.8. The van der Waals surface area contributed by atoms with E-state index in [1.54, 1.807) is 19.4 Å². The van der Waals surface area contributed by atoms with Crippen LogP contribution >= 0.6 is 0 Å². The third-order valence-electron chi connectivity index (χ3n) is 4.89. The van der Waals surface area contributed by atoms with Gasteiger partial charge in [-0.3, -0.25) is 9.89 Å². The molecule has 0 unspecified atom stereocenters. The minimum atomic E-state index is -1.03. The third kappa shape index (κ3) is 2.61. The van der Waals surface area contributed by atoms with E-state index in [-0.39, 0.29) is 12.3 Å². The van der Waals surface area contributed by atoms with E-state index in [0.29, 0.717) is 11.5 Å². The number of methoxy groups -OCH3 is 1. The number of hydrogen-bond acceptors (Lipinski definition) is 4. The minimum absolute atomic E-state index is 0.288. The van der Waals surface area contributed by atoms with Crippen molar-refractivity contribution in [2.45, 2.75) is 12.6 Å². The predicted octanol–water partition coefficient (Wildman–Crippen LogP) is 3.41. The molecule has 0 aliphatic heterocycles. The lowest BCUT2D eigenvalue weighted by atomic mass is 10.0. The van der Waals surface area contributed by atoms with Crippen molar-refractivity contribution in [2.24, 2.45) is 5.92 Å². The van der Waals surface area contributed by atoms with Gasteiger partial charge in [-0.1, -0.05) is 0 Å². The van der Waals surface area contributed by atoms with Crippen molar-refractivity contribution in [3.05, 3.63) is 36.7 Å². The average molecular weight is 365 g/mol. The summed E-state index contributed by atoms with van der Waals surface area (Å²) >= 11 is 0. The Bertz CT molecular complexity index is 1180. The summed E-state index contributed by atoms with van der Waals surface area (Å²) in [6.45, 7) is 0. The van der Waals surface area contributed by atoms with Gasteiger partial charge in [0.1, 0.15) is 23.4 Å². The number of pyridine rings is 1. The van der Waals surface area contributed by atoms with Gasteiger partial charge in [-0.25, -0.2) is 9.37 Å². The van der Waals surface area contributed by atoms with E-state index in [4.69, 9.17) is 4.74 Å². The zero-order valence-corrected chi connectivity index (χ0v) is 14.4. The zero-order valence-electron chi connectivity index (χ0n) is 14.4. The second-order valence-electron chi connectivity index (χ2n) is 6.65. The fourth-order valence-electron chi connectivity index (χ4n) is 3.30. The zero-order chi connectivity index (χ0) is 18.5. The van der Waals surface area contributed by atoms with Gasteiger partial charge in [0.05, 0.1) is 24.7 Å². The highest BCUT2D eigenvalue weighted by Crippen LogP contribution is 2.38. The maximum Gasteiger partial charge on any atom is 0.231 e. The highest BCUT2D eigenvalue weighted by molar-refractivity contribution is 6.00. The van der Waals surface area contributed by atoms with Gasteiger partial charge >= 0.3 is 0 Å². The van der Waals surface area contributed by atoms with Crippen molar-refractivity contribution in [1.29, 1.82) is 0 Å². The smallest absolute Gasteiger partial charge is 0.231 e. The van der Waals surface area contributed by atoms with Gasteiger partial charge in [0.15, 0.2) is 0 Å². The van der Waals surface area contributed by atoms with Gasteiger partial charge in [-0.05, 0) is 30.7 Å². The van der Waals surface area contributed by atoms with E-state index >= 15 is 0 Å². The normalized spacial score (nSPS) is 18.7. The van der Waals surface area contributed by atoms with Crippen LogP contribution in [0.1, 0.15) is 6.42 Å². The lowest BCUT2D eigenvalue weighted by molar-refractivity contribution is -0.117. The maximum atomic E-state index is 13.0. The quantitative estimate of drug-likeness (QED) is 0.516. The SMILES string of the molecule is COc1cc2cn[nH]c2cc1-c1c[nH]c2nc(NC(=O)[C@H]3C[C@H]3F)ccc12. The molecule has 2 atom stereocenters. The highest BCUT2D eigenvalue weighted by atomic mass is 19.1. The molecule has 1 amide bonds. The molecule has 4 aromatic rings. The molecule has 1 aliphatic rings. The number of alkyl halides is 1. The first-order chi connectivity index (χ1) is 13.1. The van der Waals surface area contributed by atoms with Gasteiger partial charge < -0.3 is 15.0 Å². The van der Waals surface area contributed by atoms with Crippen LogP contribution in [0.2, 0.25) is 0 Å². The van der Waals surface area contributed by atoms with Crippen molar-refractivity contribution < 1.29 is 13.9 Å². The van der Waals surface area contributed by atoms with Gasteiger partial charge in [-0.2, -0.15) is 5.10 Å². The van der Waals surface area contributed by atoms with Crippen LogP contribution in [-0.2, 0) is 4.79 Å². The number of anilines is 1. The first-order valence-electron chi connectivity index (χ1n) is 8.58. The van der Waals surface area contributed by atoms with E-state index in [1.165, 1.54) is 0 Å². The molecule has 27 heavy (non-hydrogen) atoms. The fourth-order valence-corrected chi connectivity index (χ4v) is 3.30. The molecule has 3 aromatic heterocycles. The number of carbonyl (C=O) groups excluding carboxylic acids is 1. The van der Waals surface area contributed by atoms with Crippen LogP contribution in [0.5, 0.6) is 5.75 Å². The number of benzene rings is 1. The summed E-state index contributed by atoms with van der Waals surface area (Å²) in [4.78, 5) is 19.5. The van der Waals surface area contributed by atoms with Gasteiger partial charge in [0.2, 0.25) is 5.91 Å². The molecule has 0 saturated heterocycles. The number of ether oxygens (including phenoxy) is 1. The maximum absolute atomic E-state index is 13.0. The van der Waals surface area contributed by atoms with Crippen molar-refractivity contribution >= 4 is 33.7 Å². The monoisotopic (exact) mass is 365 g/mol. The van der Waals surface area contributed by atoms with E-state index in [1.807, 2.05) is 24.4 Å². The molecule has 1 aromatic carbocycles. The van der Waals surface area contributed by atoms with Crippen molar-refractivity contribution in [3.63, 3.8) is 0 Å². The van der Waals surface area contributed by atoms with Crippen LogP contribution in [0.4, 0.5) is 10.2 Å². The largest absolute Gasteiger partial charge is 0.496 e. The summed E-state index contributed by atoms with van der Waals surface area (Å²) in [5.41, 5.74) is 3.36. The van der Waals surface area contributed by atoms with Crippen LogP contribution in [0.25, 0.3) is 33.1 Å². The van der Waals surface area contributed by atoms with Crippen LogP contribution in [0.15, 0.2) is 36.7 Å². The van der Waals surface area contributed by atoms with E-state index in [0.717, 1.165) is 33.2 Å². The Labute approximate surface area is 152 Å². The molecule has 136 valence electrons. The molecule has 5 rings (SSSR count). The number of nitrogens with zero attached hydrogens (tertiary/aromatic N) is 2. The summed E-state index contributed by atoms with van der Waals surface area (Å²) in [5, 5.41) is 11.5. The Morgan fingerprint density at radius 1 is 1.33 bits per heavy atom. The summed E-state index contributed by atoms with van der Waals surface area (Å²) in [7, 11) is 1.63. The number of carbonyl (C=O) groups is 1. The second kappa shape index (κ2) is 5.80. The van der Waals surface area contributed by atoms with E-state index < -0.39 is 12.1 Å². The molecular formula is C19H16FN5O2. The molecule has 0 radical (unpaired) electrons. The van der Waals surface area contributed by atoms with Crippen LogP contribution < -0.4 is 10.1 Å². The van der Waals surface area contributed by atoms with Gasteiger partial charge in [-0.15, -0.1) is 0 Å². The topological polar surface area (TPSA) is 95.7 Å². The van der Waals surface area contributed by atoms with Crippen LogP contribution in [0.3, 0.4) is 0 Å². The Morgan fingerprint density at radius 2 is 2.19 bits per heavy atom. The summed E-state index contributed by atoms with van der Waals surface area (Å²) < 4.78 is 18.6. The lowest BCUT2D eigenvalue weighted by Crippen LogP contribution is -2.15. The fraction of sp³-hybridized carbons (Fsp3) is 0.211. The summed E-state index contributed by atoms with van der Waals surface area (Å²) in [6, 6.07) is 7.50. The standard InChI is InChI=1S/C19H16FN5O2/c1-27-16-4-9-7-22-25-15(9)6-11(16)13-8-21-18-10(13)2-3-17(23-18)24-19(26)12-5-14(12)20/h2-4,6-8,12,14H,5H2,1H3,(H,22,25)(H2,21,23,24,26)/t12-,14+/m0/s1. The molecule has 3 heterocycles. The van der Waals surface area contributed by atoms with Crippen molar-refractivity contribution in [3.8, 4) is 16.9 Å². The first-order valence-corrected chi connectivity index (χ1v) is 8.58. The van der Waals surface area contributed by atoms with Crippen LogP contribution in [0, 0.1) is 5.92 Å². The van der Waals surface area contributed by atoms with Crippen molar-refractivity contribution in [2.75, 3.05) is 12.4 Å². The Kier molecular flexibility index (Phi) is 3.40. The molecule has 1 aliphatic carbocycles. The molecule has 8 heteroatoms. The number of H-pyrrole nitrogens is 2. The number of halogens is 1. The van der Waals surface area contributed by atoms with Gasteiger partial charge in [0.25, 0.3) is 0 Å².